The van der Waals surface area contributed by atoms with E-state index in [2.05, 4.69) is 258 Å². The van der Waals surface area contributed by atoms with Crippen LogP contribution in [-0.2, 0) is 5.41 Å². The highest BCUT2D eigenvalue weighted by Crippen LogP contribution is 2.50. The van der Waals surface area contributed by atoms with Crippen molar-refractivity contribution in [3.8, 4) is 51.2 Å². The van der Waals surface area contributed by atoms with Crippen molar-refractivity contribution in [3.05, 3.63) is 242 Å². The number of hydrogen-bond acceptors (Lipinski definition) is 3. The van der Waals surface area contributed by atoms with Crippen molar-refractivity contribution in [2.24, 2.45) is 0 Å². The Morgan fingerprint density at radius 2 is 0.730 bits per heavy atom. The minimum absolute atomic E-state index is 0.0623. The summed E-state index contributed by atoms with van der Waals surface area (Å²) in [7, 11) is 0. The molecule has 0 N–H and O–H groups in total. The van der Waals surface area contributed by atoms with E-state index in [4.69, 9.17) is 15.0 Å². The Balaban J connectivity index is 0.918. The summed E-state index contributed by atoms with van der Waals surface area (Å²) in [6, 6.07) is 83.6. The average Bonchev–Trinajstić information content (AvgIpc) is 4.16. The second kappa shape index (κ2) is 15.2. The Bertz CT molecular complexity index is 4780. The fourth-order valence-corrected chi connectivity index (χ4v) is 12.8. The highest BCUT2D eigenvalue weighted by molar-refractivity contribution is 6.29. The van der Waals surface area contributed by atoms with Crippen LogP contribution in [0.15, 0.2) is 231 Å². The van der Waals surface area contributed by atoms with E-state index in [0.29, 0.717) is 17.6 Å². The minimum Gasteiger partial charge on any atom is -0.309 e. The first-order valence-electron chi connectivity index (χ1n) is 25.4. The van der Waals surface area contributed by atoms with E-state index in [0.717, 1.165) is 71.2 Å². The SMILES string of the molecule is CC1(C)c2ccccc2-c2cc(-n3c4ccccc4c4c5c6ccccc6n(-c6ccc7c(c6)c6ccccc6n7-c6nc(-c7cccc8ccccc78)nc(-c7cccc8ccccc78)n6)c5ccc43)ccc21. The number of hydrogen-bond donors (Lipinski definition) is 0. The van der Waals surface area contributed by atoms with Crippen LogP contribution >= 0.6 is 0 Å². The topological polar surface area (TPSA) is 53.5 Å². The molecule has 6 heteroatoms. The van der Waals surface area contributed by atoms with E-state index in [1.807, 2.05) is 0 Å². The van der Waals surface area contributed by atoms with Crippen molar-refractivity contribution < 1.29 is 0 Å². The van der Waals surface area contributed by atoms with Crippen molar-refractivity contribution in [2.45, 2.75) is 19.3 Å². The van der Waals surface area contributed by atoms with E-state index >= 15 is 0 Å². The van der Waals surface area contributed by atoms with Crippen molar-refractivity contribution in [2.75, 3.05) is 0 Å². The number of nitrogens with zero attached hydrogens (tertiary/aromatic N) is 6. The molecule has 6 nitrogen and oxygen atoms in total. The summed E-state index contributed by atoms with van der Waals surface area (Å²) in [6.45, 7) is 4.70. The summed E-state index contributed by atoms with van der Waals surface area (Å²) in [6.07, 6.45) is 0. The van der Waals surface area contributed by atoms with E-state index in [1.165, 1.54) is 60.5 Å². The van der Waals surface area contributed by atoms with Crippen LogP contribution < -0.4 is 0 Å². The highest BCUT2D eigenvalue weighted by atomic mass is 15.2. The van der Waals surface area contributed by atoms with Gasteiger partial charge in [-0.2, -0.15) is 9.97 Å². The van der Waals surface area contributed by atoms with Gasteiger partial charge in [0.05, 0.1) is 33.1 Å². The van der Waals surface area contributed by atoms with Gasteiger partial charge in [-0.25, -0.2) is 4.98 Å². The number of aromatic nitrogens is 6. The lowest BCUT2D eigenvalue weighted by Crippen LogP contribution is -2.14. The summed E-state index contributed by atoms with van der Waals surface area (Å²) in [5, 5.41) is 11.6. The number of fused-ring (bicyclic) bond motifs is 15. The Labute approximate surface area is 425 Å². The molecule has 0 saturated carbocycles. The highest BCUT2D eigenvalue weighted by Gasteiger charge is 2.35. The largest absolute Gasteiger partial charge is 0.309 e. The zero-order valence-corrected chi connectivity index (χ0v) is 40.6. The monoisotopic (exact) mass is 944 g/mol. The van der Waals surface area contributed by atoms with Gasteiger partial charge in [-0.1, -0.05) is 184 Å². The molecule has 0 radical (unpaired) electrons. The normalized spacial score (nSPS) is 13.1. The smallest absolute Gasteiger partial charge is 0.238 e. The molecule has 0 aliphatic heterocycles. The fraction of sp³-hybridized carbons (Fsp3) is 0.0441. The molecule has 0 spiro atoms. The molecule has 0 atom stereocenters. The Morgan fingerprint density at radius 3 is 1.35 bits per heavy atom. The maximum absolute atomic E-state index is 5.40. The van der Waals surface area contributed by atoms with Gasteiger partial charge in [0.1, 0.15) is 0 Å². The molecule has 1 aliphatic rings. The Morgan fingerprint density at radius 1 is 0.297 bits per heavy atom. The van der Waals surface area contributed by atoms with E-state index in [9.17, 15) is 0 Å². The summed E-state index contributed by atoms with van der Waals surface area (Å²) >= 11 is 0. The second-order valence-electron chi connectivity index (χ2n) is 20.3. The Hall–Kier alpha value is -9.65. The molecule has 0 bridgehead atoms. The molecule has 0 amide bonds. The van der Waals surface area contributed by atoms with Gasteiger partial charge < -0.3 is 9.13 Å². The minimum atomic E-state index is -0.0623. The van der Waals surface area contributed by atoms with Gasteiger partial charge >= 0.3 is 0 Å². The van der Waals surface area contributed by atoms with E-state index < -0.39 is 0 Å². The van der Waals surface area contributed by atoms with Crippen LogP contribution in [0.25, 0.3) is 138 Å². The van der Waals surface area contributed by atoms with Gasteiger partial charge in [0.15, 0.2) is 11.6 Å². The lowest BCUT2D eigenvalue weighted by molar-refractivity contribution is 0.660. The van der Waals surface area contributed by atoms with Crippen LogP contribution in [0.5, 0.6) is 0 Å². The lowest BCUT2D eigenvalue weighted by atomic mass is 9.82. The van der Waals surface area contributed by atoms with Crippen molar-refractivity contribution in [3.63, 3.8) is 0 Å². The fourth-order valence-electron chi connectivity index (χ4n) is 12.8. The molecule has 0 unspecified atom stereocenters. The van der Waals surface area contributed by atoms with Crippen LogP contribution in [0.1, 0.15) is 25.0 Å². The van der Waals surface area contributed by atoms with E-state index in [1.54, 1.807) is 0 Å². The summed E-state index contributed by atoms with van der Waals surface area (Å²) in [5.41, 5.74) is 16.2. The van der Waals surface area contributed by atoms with Gasteiger partial charge in [-0.05, 0) is 104 Å². The first-order valence-corrected chi connectivity index (χ1v) is 25.4. The molecule has 0 saturated heterocycles. The zero-order chi connectivity index (χ0) is 48.8. The number of benzene rings is 11. The van der Waals surface area contributed by atoms with Crippen molar-refractivity contribution in [1.82, 2.24) is 28.7 Å². The van der Waals surface area contributed by atoms with Gasteiger partial charge in [-0.3, -0.25) is 4.57 Å². The maximum Gasteiger partial charge on any atom is 0.238 e. The second-order valence-corrected chi connectivity index (χ2v) is 20.3. The molecular weight excluding hydrogens is 901 g/mol. The first kappa shape index (κ1) is 41.0. The van der Waals surface area contributed by atoms with Crippen LogP contribution in [0.3, 0.4) is 0 Å². The van der Waals surface area contributed by atoms with Crippen molar-refractivity contribution >= 4 is 87.0 Å². The number of para-hydroxylation sites is 3. The van der Waals surface area contributed by atoms with Crippen LogP contribution in [0.2, 0.25) is 0 Å². The molecule has 0 fully saturated rings. The van der Waals surface area contributed by atoms with Crippen LogP contribution in [-0.4, -0.2) is 28.7 Å². The molecule has 74 heavy (non-hydrogen) atoms. The molecule has 11 aromatic carbocycles. The van der Waals surface area contributed by atoms with E-state index in [-0.39, 0.29) is 5.41 Å². The molecular formula is C68H44N6. The van der Waals surface area contributed by atoms with Crippen LogP contribution in [0, 0.1) is 0 Å². The van der Waals surface area contributed by atoms with Gasteiger partial charge in [0.2, 0.25) is 5.95 Å². The quantitative estimate of drug-likeness (QED) is 0.173. The summed E-state index contributed by atoms with van der Waals surface area (Å²) < 4.78 is 7.16. The summed E-state index contributed by atoms with van der Waals surface area (Å²) in [5.74, 6) is 1.82. The zero-order valence-electron chi connectivity index (χ0n) is 40.6. The first-order chi connectivity index (χ1) is 36.5. The molecule has 346 valence electrons. The average molecular weight is 945 g/mol. The third-order valence-corrected chi connectivity index (χ3v) is 16.1. The van der Waals surface area contributed by atoms with Gasteiger partial charge in [0.25, 0.3) is 0 Å². The predicted octanol–water partition coefficient (Wildman–Crippen LogP) is 17.1. The third kappa shape index (κ3) is 5.68. The molecule has 4 aromatic heterocycles. The third-order valence-electron chi connectivity index (χ3n) is 16.1. The molecule has 16 rings (SSSR count). The molecule has 15 aromatic rings. The number of rotatable bonds is 5. The molecule has 1 aliphatic carbocycles. The van der Waals surface area contributed by atoms with Gasteiger partial charge in [-0.15, -0.1) is 0 Å². The Kier molecular flexibility index (Phi) is 8.42. The van der Waals surface area contributed by atoms with Crippen molar-refractivity contribution in [1.29, 1.82) is 0 Å². The predicted molar refractivity (Wildman–Crippen MR) is 306 cm³/mol. The van der Waals surface area contributed by atoms with Gasteiger partial charge in [0, 0.05) is 60.2 Å². The maximum atomic E-state index is 5.40. The lowest BCUT2D eigenvalue weighted by Gasteiger charge is -2.21. The standard InChI is InChI=1S/C68H44N6/c1-68(2)55-29-11-7-23-47(55)53-39-43(33-35-56(53)68)72-58-31-13-9-25-51(58)63-61(72)37-38-62-64(63)52-26-10-14-32-59(52)73(62)44-34-36-60-54(40-44)48-24-8-12-30-57(48)74(60)67-70-65(49-27-15-19-41-17-3-5-21-45(41)49)69-66(71-67)50-28-16-20-42-18-4-6-22-46(42)50/h3-40H,1-2H3. The molecule has 4 heterocycles. The van der Waals surface area contributed by atoms with Crippen LogP contribution in [0.4, 0.5) is 0 Å². The summed E-state index contributed by atoms with van der Waals surface area (Å²) in [4.78, 5) is 16.1.